The van der Waals surface area contributed by atoms with Crippen LogP contribution in [0.4, 0.5) is 0 Å². The molecule has 1 heterocycles. The van der Waals surface area contributed by atoms with Crippen molar-refractivity contribution in [2.75, 3.05) is 6.54 Å². The van der Waals surface area contributed by atoms with Gasteiger partial charge in [-0.2, -0.15) is 0 Å². The maximum atomic E-state index is 12.4. The fourth-order valence-corrected chi connectivity index (χ4v) is 2.69. The molecule has 1 aromatic heterocycles. The van der Waals surface area contributed by atoms with Crippen LogP contribution in [-0.4, -0.2) is 26.9 Å². The molecule has 2 rings (SSSR count). The highest BCUT2D eigenvalue weighted by Gasteiger charge is 2.12. The zero-order valence-corrected chi connectivity index (χ0v) is 14.0. The first kappa shape index (κ1) is 15.8. The highest BCUT2D eigenvalue weighted by molar-refractivity contribution is 9.10. The third kappa shape index (κ3) is 4.43. The molecule has 0 saturated carbocycles. The van der Waals surface area contributed by atoms with E-state index in [0.717, 1.165) is 15.9 Å². The number of benzene rings is 1. The van der Waals surface area contributed by atoms with E-state index < -0.39 is 0 Å². The Hall–Kier alpha value is -1.62. The van der Waals surface area contributed by atoms with Crippen molar-refractivity contribution in [1.29, 1.82) is 0 Å². The van der Waals surface area contributed by atoms with Crippen molar-refractivity contribution in [3.63, 3.8) is 0 Å². The number of imidazole rings is 1. The van der Waals surface area contributed by atoms with Crippen LogP contribution in [0.25, 0.3) is 0 Å². The molecule has 0 bridgehead atoms. The van der Waals surface area contributed by atoms with Gasteiger partial charge in [-0.25, -0.2) is 4.98 Å². The lowest BCUT2D eigenvalue weighted by Gasteiger charge is -2.21. The molecule has 5 heteroatoms. The van der Waals surface area contributed by atoms with Gasteiger partial charge in [0.25, 0.3) is 0 Å². The lowest BCUT2D eigenvalue weighted by molar-refractivity contribution is -0.131. The SMILES string of the molecule is CCN(Cc1cccc(Br)c1)C(=O)CCn1ccnc1C. The maximum Gasteiger partial charge on any atom is 0.224 e. The topological polar surface area (TPSA) is 38.1 Å². The normalized spacial score (nSPS) is 10.6. The molecule has 0 atom stereocenters. The summed E-state index contributed by atoms with van der Waals surface area (Å²) in [7, 11) is 0. The highest BCUT2D eigenvalue weighted by atomic mass is 79.9. The van der Waals surface area contributed by atoms with Gasteiger partial charge in [-0.05, 0) is 31.5 Å². The van der Waals surface area contributed by atoms with Gasteiger partial charge < -0.3 is 9.47 Å². The molecule has 0 fully saturated rings. The molecule has 1 aromatic carbocycles. The van der Waals surface area contributed by atoms with Crippen LogP contribution in [0.1, 0.15) is 24.7 Å². The van der Waals surface area contributed by atoms with Crippen molar-refractivity contribution in [1.82, 2.24) is 14.5 Å². The first-order valence-corrected chi connectivity index (χ1v) is 7.89. The number of nitrogens with zero attached hydrogens (tertiary/aromatic N) is 3. The van der Waals surface area contributed by atoms with Gasteiger partial charge in [0.05, 0.1) is 0 Å². The van der Waals surface area contributed by atoms with Crippen LogP contribution >= 0.6 is 15.9 Å². The van der Waals surface area contributed by atoms with Gasteiger partial charge in [-0.3, -0.25) is 4.79 Å². The van der Waals surface area contributed by atoms with Gasteiger partial charge in [-0.1, -0.05) is 28.1 Å². The number of carbonyl (C=O) groups is 1. The second-order valence-electron chi connectivity index (χ2n) is 4.96. The first-order chi connectivity index (χ1) is 10.1. The Morgan fingerprint density at radius 2 is 2.24 bits per heavy atom. The van der Waals surface area contributed by atoms with Crippen molar-refractivity contribution in [2.45, 2.75) is 33.4 Å². The van der Waals surface area contributed by atoms with Crippen LogP contribution in [0, 0.1) is 6.92 Å². The van der Waals surface area contributed by atoms with Gasteiger partial charge in [0.15, 0.2) is 0 Å². The van der Waals surface area contributed by atoms with E-state index in [1.807, 2.05) is 47.7 Å². The number of aromatic nitrogens is 2. The smallest absolute Gasteiger partial charge is 0.224 e. The lowest BCUT2D eigenvalue weighted by atomic mass is 10.2. The summed E-state index contributed by atoms with van der Waals surface area (Å²) in [5.74, 6) is 1.11. The molecule has 0 aliphatic heterocycles. The molecule has 21 heavy (non-hydrogen) atoms. The summed E-state index contributed by atoms with van der Waals surface area (Å²) in [5.41, 5.74) is 1.14. The minimum absolute atomic E-state index is 0.172. The second-order valence-corrected chi connectivity index (χ2v) is 5.87. The van der Waals surface area contributed by atoms with E-state index in [1.54, 1.807) is 6.20 Å². The Morgan fingerprint density at radius 1 is 1.43 bits per heavy atom. The van der Waals surface area contributed by atoms with Crippen LogP contribution in [0.2, 0.25) is 0 Å². The standard InChI is InChI=1S/C16H20BrN3O/c1-3-19(12-14-5-4-6-15(17)11-14)16(21)7-9-20-10-8-18-13(20)2/h4-6,8,10-11H,3,7,9,12H2,1-2H3. The molecule has 112 valence electrons. The second kappa shape index (κ2) is 7.41. The minimum atomic E-state index is 0.172. The Kier molecular flexibility index (Phi) is 5.56. The molecule has 0 aliphatic rings. The number of aryl methyl sites for hydroxylation is 2. The number of halogens is 1. The molecule has 0 aliphatic carbocycles. The van der Waals surface area contributed by atoms with E-state index in [1.165, 1.54) is 0 Å². The molecule has 0 saturated heterocycles. The Balaban J connectivity index is 1.94. The minimum Gasteiger partial charge on any atom is -0.339 e. The predicted molar refractivity (Wildman–Crippen MR) is 86.8 cm³/mol. The molecular weight excluding hydrogens is 330 g/mol. The fraction of sp³-hybridized carbons (Fsp3) is 0.375. The predicted octanol–water partition coefficient (Wildman–Crippen LogP) is 3.39. The molecule has 0 unspecified atom stereocenters. The number of hydrogen-bond donors (Lipinski definition) is 0. The van der Waals surface area contributed by atoms with Crippen molar-refractivity contribution in [3.8, 4) is 0 Å². The van der Waals surface area contributed by atoms with Gasteiger partial charge in [0, 0.05) is 42.9 Å². The summed E-state index contributed by atoms with van der Waals surface area (Å²) in [6.45, 7) is 6.01. The first-order valence-electron chi connectivity index (χ1n) is 7.10. The van der Waals surface area contributed by atoms with Crippen LogP contribution in [0.5, 0.6) is 0 Å². The van der Waals surface area contributed by atoms with E-state index in [0.29, 0.717) is 26.1 Å². The third-order valence-electron chi connectivity index (χ3n) is 3.49. The quantitative estimate of drug-likeness (QED) is 0.801. The summed E-state index contributed by atoms with van der Waals surface area (Å²) in [6, 6.07) is 8.08. The van der Waals surface area contributed by atoms with E-state index >= 15 is 0 Å². The monoisotopic (exact) mass is 349 g/mol. The lowest BCUT2D eigenvalue weighted by Crippen LogP contribution is -2.31. The Bertz CT molecular complexity index is 609. The molecule has 0 spiro atoms. The van der Waals surface area contributed by atoms with E-state index in [2.05, 4.69) is 27.0 Å². The van der Waals surface area contributed by atoms with E-state index in [-0.39, 0.29) is 5.91 Å². The van der Waals surface area contributed by atoms with Crippen LogP contribution < -0.4 is 0 Å². The van der Waals surface area contributed by atoms with Crippen LogP contribution in [0.15, 0.2) is 41.1 Å². The fourth-order valence-electron chi connectivity index (χ4n) is 2.25. The summed E-state index contributed by atoms with van der Waals surface area (Å²) in [4.78, 5) is 18.4. The van der Waals surface area contributed by atoms with Crippen molar-refractivity contribution >= 4 is 21.8 Å². The summed E-state index contributed by atoms with van der Waals surface area (Å²) in [5, 5.41) is 0. The summed E-state index contributed by atoms with van der Waals surface area (Å²) >= 11 is 3.46. The number of hydrogen-bond acceptors (Lipinski definition) is 2. The number of carbonyl (C=O) groups excluding carboxylic acids is 1. The average Bonchev–Trinajstić information content (AvgIpc) is 2.87. The summed E-state index contributed by atoms with van der Waals surface area (Å²) in [6.07, 6.45) is 4.17. The van der Waals surface area contributed by atoms with Gasteiger partial charge in [0.1, 0.15) is 5.82 Å². The number of rotatable bonds is 6. The Labute approximate surface area is 133 Å². The largest absolute Gasteiger partial charge is 0.339 e. The van der Waals surface area contributed by atoms with Crippen molar-refractivity contribution in [2.24, 2.45) is 0 Å². The molecule has 2 aromatic rings. The van der Waals surface area contributed by atoms with Gasteiger partial charge >= 0.3 is 0 Å². The molecule has 0 radical (unpaired) electrons. The van der Waals surface area contributed by atoms with Crippen molar-refractivity contribution < 1.29 is 4.79 Å². The zero-order valence-electron chi connectivity index (χ0n) is 12.4. The molecule has 1 amide bonds. The highest BCUT2D eigenvalue weighted by Crippen LogP contribution is 2.14. The average molecular weight is 350 g/mol. The van der Waals surface area contributed by atoms with E-state index in [9.17, 15) is 4.79 Å². The van der Waals surface area contributed by atoms with Crippen LogP contribution in [-0.2, 0) is 17.9 Å². The zero-order chi connectivity index (χ0) is 15.2. The van der Waals surface area contributed by atoms with Gasteiger partial charge in [-0.15, -0.1) is 0 Å². The Morgan fingerprint density at radius 3 is 2.86 bits per heavy atom. The maximum absolute atomic E-state index is 12.4. The van der Waals surface area contributed by atoms with Crippen LogP contribution in [0.3, 0.4) is 0 Å². The van der Waals surface area contributed by atoms with Crippen molar-refractivity contribution in [3.05, 3.63) is 52.5 Å². The molecule has 0 N–H and O–H groups in total. The van der Waals surface area contributed by atoms with E-state index in [4.69, 9.17) is 0 Å². The number of amides is 1. The summed E-state index contributed by atoms with van der Waals surface area (Å²) < 4.78 is 3.04. The third-order valence-corrected chi connectivity index (χ3v) is 3.98. The molecule has 4 nitrogen and oxygen atoms in total. The van der Waals surface area contributed by atoms with Gasteiger partial charge in [0.2, 0.25) is 5.91 Å². The molecular formula is C16H20BrN3O.